The van der Waals surface area contributed by atoms with E-state index < -0.39 is 11.6 Å². The van der Waals surface area contributed by atoms with Gasteiger partial charge in [-0.2, -0.15) is 0 Å². The zero-order chi connectivity index (χ0) is 14.1. The molecule has 0 radical (unpaired) electrons. The lowest BCUT2D eigenvalue weighted by Gasteiger charge is -2.48. The number of carbonyl (C=O) groups is 2. The van der Waals surface area contributed by atoms with Crippen LogP contribution in [0.5, 0.6) is 0 Å². The van der Waals surface area contributed by atoms with Crippen molar-refractivity contribution in [2.24, 2.45) is 5.41 Å². The highest BCUT2D eigenvalue weighted by Crippen LogP contribution is 2.31. The summed E-state index contributed by atoms with van der Waals surface area (Å²) in [6.07, 6.45) is 2.26. The summed E-state index contributed by atoms with van der Waals surface area (Å²) in [6.45, 7) is 13.7. The van der Waals surface area contributed by atoms with Gasteiger partial charge in [0, 0.05) is 6.54 Å². The van der Waals surface area contributed by atoms with E-state index in [1.165, 1.54) is 0 Å². The molecule has 0 saturated carbocycles. The van der Waals surface area contributed by atoms with Crippen LogP contribution in [0.2, 0.25) is 0 Å². The van der Waals surface area contributed by atoms with E-state index in [9.17, 15) is 9.59 Å². The summed E-state index contributed by atoms with van der Waals surface area (Å²) in [4.78, 5) is 26.5. The van der Waals surface area contributed by atoms with Crippen LogP contribution in [0.25, 0.3) is 0 Å². The molecule has 0 aromatic heterocycles. The van der Waals surface area contributed by atoms with E-state index in [1.54, 1.807) is 17.9 Å². The molecule has 1 rings (SSSR count). The van der Waals surface area contributed by atoms with E-state index in [2.05, 4.69) is 11.9 Å². The number of piperazine rings is 1. The molecule has 0 aromatic rings. The summed E-state index contributed by atoms with van der Waals surface area (Å²) in [5.74, 6) is -0.0993. The van der Waals surface area contributed by atoms with E-state index in [-0.39, 0.29) is 17.2 Å². The molecule has 102 valence electrons. The fourth-order valence-corrected chi connectivity index (χ4v) is 2.40. The lowest BCUT2D eigenvalue weighted by molar-refractivity contribution is -0.158. The lowest BCUT2D eigenvalue weighted by Crippen LogP contribution is -2.71. The van der Waals surface area contributed by atoms with Gasteiger partial charge in [-0.1, -0.05) is 33.8 Å². The second kappa shape index (κ2) is 4.75. The van der Waals surface area contributed by atoms with Crippen molar-refractivity contribution in [1.29, 1.82) is 0 Å². The first-order chi connectivity index (χ1) is 8.17. The second-order valence-corrected chi connectivity index (χ2v) is 6.19. The molecule has 1 saturated heterocycles. The Hall–Kier alpha value is -1.32. The van der Waals surface area contributed by atoms with Crippen LogP contribution in [0.3, 0.4) is 0 Å². The zero-order valence-electron chi connectivity index (χ0n) is 12.0. The minimum absolute atomic E-state index is 0.0237. The lowest BCUT2D eigenvalue weighted by atomic mass is 9.80. The van der Waals surface area contributed by atoms with Gasteiger partial charge in [0.15, 0.2) is 0 Å². The number of hydrogen-bond acceptors (Lipinski definition) is 2. The van der Waals surface area contributed by atoms with Crippen LogP contribution in [0.15, 0.2) is 12.7 Å². The summed E-state index contributed by atoms with van der Waals surface area (Å²) in [5, 5.41) is 2.87. The molecule has 4 nitrogen and oxygen atoms in total. The van der Waals surface area contributed by atoms with Gasteiger partial charge in [0.2, 0.25) is 11.8 Å². The number of amides is 2. The Morgan fingerprint density at radius 2 is 2.00 bits per heavy atom. The summed E-state index contributed by atoms with van der Waals surface area (Å²) >= 11 is 0. The maximum atomic E-state index is 12.5. The van der Waals surface area contributed by atoms with E-state index in [4.69, 9.17) is 0 Å². The van der Waals surface area contributed by atoms with Crippen molar-refractivity contribution in [3.8, 4) is 0 Å². The average molecular weight is 252 g/mol. The molecule has 2 amide bonds. The highest BCUT2D eigenvalue weighted by molar-refractivity contribution is 6.00. The van der Waals surface area contributed by atoms with Gasteiger partial charge in [-0.3, -0.25) is 9.59 Å². The molecule has 4 heteroatoms. The molecule has 0 aromatic carbocycles. The van der Waals surface area contributed by atoms with Gasteiger partial charge in [0.05, 0.1) is 0 Å². The number of hydrogen-bond donors (Lipinski definition) is 1. The summed E-state index contributed by atoms with van der Waals surface area (Å²) < 4.78 is 0. The standard InChI is InChI=1S/C14H24N2O2/c1-7-9-16-10(13(3,4)5)11(17)15-14(6,8-2)12(16)18/h7,10H,1,8-9H2,2-6H3,(H,15,17). The van der Waals surface area contributed by atoms with Crippen molar-refractivity contribution < 1.29 is 9.59 Å². The first-order valence-electron chi connectivity index (χ1n) is 6.41. The first-order valence-corrected chi connectivity index (χ1v) is 6.41. The predicted octanol–water partition coefficient (Wildman–Crippen LogP) is 1.71. The van der Waals surface area contributed by atoms with Crippen molar-refractivity contribution in [2.45, 2.75) is 52.6 Å². The minimum Gasteiger partial charge on any atom is -0.340 e. The Labute approximate surface area is 109 Å². The van der Waals surface area contributed by atoms with Gasteiger partial charge in [-0.15, -0.1) is 6.58 Å². The number of carbonyl (C=O) groups excluding carboxylic acids is 2. The summed E-state index contributed by atoms with van der Waals surface area (Å²) in [6, 6.07) is -0.442. The molecule has 2 atom stereocenters. The molecule has 1 heterocycles. The Bertz CT molecular complexity index is 370. The maximum absolute atomic E-state index is 12.5. The predicted molar refractivity (Wildman–Crippen MR) is 72.0 cm³/mol. The fourth-order valence-electron chi connectivity index (χ4n) is 2.40. The first kappa shape index (κ1) is 14.7. The van der Waals surface area contributed by atoms with Crippen molar-refractivity contribution in [3.63, 3.8) is 0 Å². The van der Waals surface area contributed by atoms with Gasteiger partial charge in [-0.05, 0) is 18.8 Å². The third-order valence-corrected chi connectivity index (χ3v) is 3.55. The van der Waals surface area contributed by atoms with Gasteiger partial charge in [0.25, 0.3) is 0 Å². The molecule has 0 aliphatic carbocycles. The quantitative estimate of drug-likeness (QED) is 0.777. The van der Waals surface area contributed by atoms with Crippen LogP contribution in [-0.2, 0) is 9.59 Å². The van der Waals surface area contributed by atoms with Crippen LogP contribution in [0.1, 0.15) is 41.0 Å². The SMILES string of the molecule is C=CCN1C(=O)C(C)(CC)NC(=O)C1C(C)(C)C. The van der Waals surface area contributed by atoms with Crippen molar-refractivity contribution >= 4 is 11.8 Å². The Morgan fingerprint density at radius 1 is 1.44 bits per heavy atom. The van der Waals surface area contributed by atoms with Crippen LogP contribution in [-0.4, -0.2) is 34.8 Å². The largest absolute Gasteiger partial charge is 0.340 e. The van der Waals surface area contributed by atoms with Crippen LogP contribution < -0.4 is 5.32 Å². The summed E-state index contributed by atoms with van der Waals surface area (Å²) in [7, 11) is 0. The van der Waals surface area contributed by atoms with E-state index in [0.29, 0.717) is 13.0 Å². The molecule has 1 N–H and O–H groups in total. The zero-order valence-corrected chi connectivity index (χ0v) is 12.0. The smallest absolute Gasteiger partial charge is 0.249 e. The minimum atomic E-state index is -0.790. The van der Waals surface area contributed by atoms with Crippen LogP contribution in [0, 0.1) is 5.41 Å². The summed E-state index contributed by atoms with van der Waals surface area (Å²) in [5.41, 5.74) is -1.08. The molecule has 1 aliphatic heterocycles. The Balaban J connectivity index is 3.19. The van der Waals surface area contributed by atoms with Crippen molar-refractivity contribution in [3.05, 3.63) is 12.7 Å². The van der Waals surface area contributed by atoms with Gasteiger partial charge in [0.1, 0.15) is 11.6 Å². The third kappa shape index (κ3) is 2.42. The molecule has 2 unspecified atom stereocenters. The third-order valence-electron chi connectivity index (χ3n) is 3.55. The topological polar surface area (TPSA) is 49.4 Å². The Kier molecular flexibility index (Phi) is 3.89. The Morgan fingerprint density at radius 3 is 2.39 bits per heavy atom. The number of rotatable bonds is 3. The van der Waals surface area contributed by atoms with Gasteiger partial charge < -0.3 is 10.2 Å². The number of nitrogens with one attached hydrogen (secondary N) is 1. The van der Waals surface area contributed by atoms with Crippen molar-refractivity contribution in [1.82, 2.24) is 10.2 Å². The normalized spacial score (nSPS) is 29.2. The van der Waals surface area contributed by atoms with E-state index in [0.717, 1.165) is 0 Å². The van der Waals surface area contributed by atoms with Crippen LogP contribution in [0.4, 0.5) is 0 Å². The molecule has 0 spiro atoms. The second-order valence-electron chi connectivity index (χ2n) is 6.19. The molecule has 1 fully saturated rings. The highest BCUT2D eigenvalue weighted by atomic mass is 16.2. The molecular formula is C14H24N2O2. The van der Waals surface area contributed by atoms with Crippen LogP contribution >= 0.6 is 0 Å². The van der Waals surface area contributed by atoms with E-state index >= 15 is 0 Å². The molecular weight excluding hydrogens is 228 g/mol. The molecule has 0 bridgehead atoms. The fraction of sp³-hybridized carbons (Fsp3) is 0.714. The maximum Gasteiger partial charge on any atom is 0.249 e. The van der Waals surface area contributed by atoms with Crippen molar-refractivity contribution in [2.75, 3.05) is 6.54 Å². The molecule has 1 aliphatic rings. The van der Waals surface area contributed by atoms with E-state index in [1.807, 2.05) is 27.7 Å². The average Bonchev–Trinajstić information content (AvgIpc) is 2.23. The monoisotopic (exact) mass is 252 g/mol. The number of nitrogens with zero attached hydrogens (tertiary/aromatic N) is 1. The highest BCUT2D eigenvalue weighted by Gasteiger charge is 2.50. The molecule has 18 heavy (non-hydrogen) atoms. The van der Waals surface area contributed by atoms with Gasteiger partial charge in [-0.25, -0.2) is 0 Å². The van der Waals surface area contributed by atoms with Gasteiger partial charge >= 0.3 is 0 Å².